The number of carbonyl (C=O) groups excluding carboxylic acids is 2. The fraction of sp³-hybridized carbons (Fsp3) is 0.300. The topological polar surface area (TPSA) is 73.5 Å². The molecule has 2 aromatic carbocycles. The second kappa shape index (κ2) is 9.58. The first-order chi connectivity index (χ1) is 12.5. The van der Waals surface area contributed by atoms with Crippen LogP contribution in [0.2, 0.25) is 0 Å². The Kier molecular flexibility index (Phi) is 7.17. The zero-order valence-electron chi connectivity index (χ0n) is 15.5. The van der Waals surface area contributed by atoms with Crippen LogP contribution in [0.15, 0.2) is 48.5 Å². The zero-order valence-corrected chi connectivity index (χ0v) is 15.5. The van der Waals surface area contributed by atoms with Gasteiger partial charge in [0.1, 0.15) is 0 Å². The number of hydrogen-bond acceptors (Lipinski definition) is 3. The number of anilines is 2. The van der Waals surface area contributed by atoms with Gasteiger partial charge in [-0.05, 0) is 55.1 Å². The van der Waals surface area contributed by atoms with Crippen molar-refractivity contribution in [3.05, 3.63) is 59.7 Å². The van der Waals surface area contributed by atoms with Crippen molar-refractivity contribution in [2.45, 2.75) is 20.4 Å². The maximum atomic E-state index is 12.4. The molecule has 0 radical (unpaired) electrons. The third-order valence-corrected chi connectivity index (χ3v) is 4.14. The third-order valence-electron chi connectivity index (χ3n) is 4.14. The van der Waals surface area contributed by atoms with E-state index in [1.165, 1.54) is 5.56 Å². The van der Waals surface area contributed by atoms with Gasteiger partial charge >= 0.3 is 6.03 Å². The van der Waals surface area contributed by atoms with Crippen molar-refractivity contribution in [3.63, 3.8) is 0 Å². The molecule has 2 aromatic rings. The Bertz CT molecular complexity index is 722. The Hall–Kier alpha value is -2.86. The smallest absolute Gasteiger partial charge is 0.318 e. The summed E-state index contributed by atoms with van der Waals surface area (Å²) >= 11 is 0. The SMILES string of the molecule is CCN(CC)Cc1ccc(C(=O)Nc2ccc(NC(=O)NC)cc2)cc1. The van der Waals surface area contributed by atoms with Gasteiger partial charge in [0.05, 0.1) is 0 Å². The Balaban J connectivity index is 1.95. The van der Waals surface area contributed by atoms with E-state index in [4.69, 9.17) is 0 Å². The molecule has 0 aliphatic rings. The molecular weight excluding hydrogens is 328 g/mol. The van der Waals surface area contributed by atoms with E-state index in [2.05, 4.69) is 34.7 Å². The Labute approximate surface area is 154 Å². The van der Waals surface area contributed by atoms with Crippen molar-refractivity contribution in [1.29, 1.82) is 0 Å². The predicted octanol–water partition coefficient (Wildman–Crippen LogP) is 3.53. The van der Waals surface area contributed by atoms with Gasteiger partial charge in [0.2, 0.25) is 0 Å². The minimum Gasteiger partial charge on any atom is -0.341 e. The van der Waals surface area contributed by atoms with E-state index in [0.29, 0.717) is 16.9 Å². The summed E-state index contributed by atoms with van der Waals surface area (Å²) < 4.78 is 0. The summed E-state index contributed by atoms with van der Waals surface area (Å²) in [6.45, 7) is 7.17. The Morgan fingerprint density at radius 1 is 0.846 bits per heavy atom. The molecule has 0 spiro atoms. The first kappa shape index (κ1) is 19.5. The molecule has 138 valence electrons. The highest BCUT2D eigenvalue weighted by atomic mass is 16.2. The van der Waals surface area contributed by atoms with Crippen molar-refractivity contribution in [2.24, 2.45) is 0 Å². The number of nitrogens with zero attached hydrogens (tertiary/aromatic N) is 1. The molecule has 0 heterocycles. The van der Waals surface area contributed by atoms with Gasteiger partial charge < -0.3 is 16.0 Å². The van der Waals surface area contributed by atoms with Gasteiger partial charge in [-0.3, -0.25) is 9.69 Å². The maximum absolute atomic E-state index is 12.4. The van der Waals surface area contributed by atoms with Gasteiger partial charge in [0, 0.05) is 30.5 Å². The van der Waals surface area contributed by atoms with Crippen molar-refractivity contribution >= 4 is 23.3 Å². The van der Waals surface area contributed by atoms with Crippen LogP contribution in [0.1, 0.15) is 29.8 Å². The van der Waals surface area contributed by atoms with Gasteiger partial charge in [-0.1, -0.05) is 26.0 Å². The van der Waals surface area contributed by atoms with Crippen molar-refractivity contribution < 1.29 is 9.59 Å². The average Bonchev–Trinajstić information content (AvgIpc) is 2.67. The molecule has 3 N–H and O–H groups in total. The fourth-order valence-electron chi connectivity index (χ4n) is 2.50. The highest BCUT2D eigenvalue weighted by Crippen LogP contribution is 2.15. The van der Waals surface area contributed by atoms with Gasteiger partial charge in [0.15, 0.2) is 0 Å². The molecule has 0 bridgehead atoms. The first-order valence-electron chi connectivity index (χ1n) is 8.77. The van der Waals surface area contributed by atoms with Crippen molar-refractivity contribution in [3.8, 4) is 0 Å². The van der Waals surface area contributed by atoms with Gasteiger partial charge in [-0.2, -0.15) is 0 Å². The molecule has 2 rings (SSSR count). The number of hydrogen-bond donors (Lipinski definition) is 3. The molecular formula is C20H26N4O2. The quantitative estimate of drug-likeness (QED) is 0.712. The Morgan fingerprint density at radius 3 is 1.88 bits per heavy atom. The van der Waals surface area contributed by atoms with Crippen LogP contribution in [0.5, 0.6) is 0 Å². The molecule has 0 aliphatic heterocycles. The number of benzene rings is 2. The van der Waals surface area contributed by atoms with Crippen LogP contribution in [0.3, 0.4) is 0 Å². The maximum Gasteiger partial charge on any atom is 0.318 e. The Morgan fingerprint density at radius 2 is 1.38 bits per heavy atom. The van der Waals surface area contributed by atoms with Crippen LogP contribution in [-0.4, -0.2) is 37.0 Å². The zero-order chi connectivity index (χ0) is 18.9. The van der Waals surface area contributed by atoms with Crippen LogP contribution in [0.25, 0.3) is 0 Å². The van der Waals surface area contributed by atoms with E-state index < -0.39 is 0 Å². The lowest BCUT2D eigenvalue weighted by Gasteiger charge is -2.18. The number of amides is 3. The fourth-order valence-corrected chi connectivity index (χ4v) is 2.50. The second-order valence-electron chi connectivity index (χ2n) is 5.89. The van der Waals surface area contributed by atoms with Crippen LogP contribution in [0.4, 0.5) is 16.2 Å². The summed E-state index contributed by atoms with van der Waals surface area (Å²) in [4.78, 5) is 26.0. The van der Waals surface area contributed by atoms with E-state index in [9.17, 15) is 9.59 Å². The standard InChI is InChI=1S/C20H26N4O2/c1-4-24(5-2)14-15-6-8-16(9-7-15)19(25)22-17-10-12-18(13-11-17)23-20(26)21-3/h6-13H,4-5,14H2,1-3H3,(H,22,25)(H2,21,23,26). The molecule has 0 aliphatic carbocycles. The van der Waals surface area contributed by atoms with E-state index in [-0.39, 0.29) is 11.9 Å². The minimum absolute atomic E-state index is 0.161. The average molecular weight is 354 g/mol. The highest BCUT2D eigenvalue weighted by molar-refractivity contribution is 6.04. The third kappa shape index (κ3) is 5.60. The highest BCUT2D eigenvalue weighted by Gasteiger charge is 2.07. The molecule has 6 nitrogen and oxygen atoms in total. The minimum atomic E-state index is -0.286. The van der Waals surface area contributed by atoms with Crippen molar-refractivity contribution in [2.75, 3.05) is 30.8 Å². The normalized spacial score (nSPS) is 10.5. The lowest BCUT2D eigenvalue weighted by molar-refractivity contribution is 0.102. The number of nitrogens with one attached hydrogen (secondary N) is 3. The molecule has 0 saturated carbocycles. The number of rotatable bonds is 7. The first-order valence-corrected chi connectivity index (χ1v) is 8.77. The van der Waals surface area contributed by atoms with E-state index in [1.54, 1.807) is 31.3 Å². The van der Waals surface area contributed by atoms with Crippen LogP contribution >= 0.6 is 0 Å². The molecule has 3 amide bonds. The molecule has 0 atom stereocenters. The van der Waals surface area contributed by atoms with Gasteiger partial charge in [0.25, 0.3) is 5.91 Å². The monoisotopic (exact) mass is 354 g/mol. The van der Waals surface area contributed by atoms with Crippen LogP contribution < -0.4 is 16.0 Å². The summed E-state index contributed by atoms with van der Waals surface area (Å²) in [6, 6.07) is 14.3. The van der Waals surface area contributed by atoms with Gasteiger partial charge in [-0.25, -0.2) is 4.79 Å². The summed E-state index contributed by atoms with van der Waals surface area (Å²) in [5.41, 5.74) is 3.13. The molecule has 0 saturated heterocycles. The summed E-state index contributed by atoms with van der Waals surface area (Å²) in [5, 5.41) is 8.01. The van der Waals surface area contributed by atoms with Crippen LogP contribution in [0, 0.1) is 0 Å². The lowest BCUT2D eigenvalue weighted by atomic mass is 10.1. The predicted molar refractivity (Wildman–Crippen MR) is 106 cm³/mol. The number of urea groups is 1. The molecule has 26 heavy (non-hydrogen) atoms. The number of carbonyl (C=O) groups is 2. The van der Waals surface area contributed by atoms with Gasteiger partial charge in [-0.15, -0.1) is 0 Å². The largest absolute Gasteiger partial charge is 0.341 e. The second-order valence-corrected chi connectivity index (χ2v) is 5.89. The van der Waals surface area contributed by atoms with E-state index in [0.717, 1.165) is 19.6 Å². The van der Waals surface area contributed by atoms with Crippen molar-refractivity contribution in [1.82, 2.24) is 10.2 Å². The molecule has 6 heteroatoms. The lowest BCUT2D eigenvalue weighted by Crippen LogP contribution is -2.24. The summed E-state index contributed by atoms with van der Waals surface area (Å²) in [7, 11) is 1.55. The van der Waals surface area contributed by atoms with E-state index in [1.807, 2.05) is 24.3 Å². The summed E-state index contributed by atoms with van der Waals surface area (Å²) in [6.07, 6.45) is 0. The molecule has 0 fully saturated rings. The molecule has 0 unspecified atom stereocenters. The molecule has 0 aromatic heterocycles. The van der Waals surface area contributed by atoms with E-state index >= 15 is 0 Å². The summed E-state index contributed by atoms with van der Waals surface area (Å²) in [5.74, 6) is -0.161. The van der Waals surface area contributed by atoms with Crippen LogP contribution in [-0.2, 0) is 6.54 Å².